The average molecular weight is 450 g/mol. The minimum absolute atomic E-state index is 0.0480. The first-order valence-corrected chi connectivity index (χ1v) is 11.3. The molecule has 5 rings (SSSR count). The number of aryl methyl sites for hydroxylation is 1. The summed E-state index contributed by atoms with van der Waals surface area (Å²) in [6.07, 6.45) is 10.5. The molecule has 3 aliphatic heterocycles. The average Bonchev–Trinajstić information content (AvgIpc) is 3.49. The van der Waals surface area contributed by atoms with Crippen molar-refractivity contribution in [3.05, 3.63) is 73.0 Å². The van der Waals surface area contributed by atoms with Gasteiger partial charge >= 0.3 is 0 Å². The summed E-state index contributed by atoms with van der Waals surface area (Å²) in [5.74, 6) is -0.0716. The lowest BCUT2D eigenvalue weighted by molar-refractivity contribution is -0.110. The maximum atomic E-state index is 12.8. The summed E-state index contributed by atoms with van der Waals surface area (Å²) >= 11 is 1.27. The van der Waals surface area contributed by atoms with Gasteiger partial charge in [-0.05, 0) is 68.7 Å². The molecule has 164 valence electrons. The third-order valence-corrected chi connectivity index (χ3v) is 6.93. The Morgan fingerprint density at radius 3 is 2.78 bits per heavy atom. The second-order valence-electron chi connectivity index (χ2n) is 8.08. The highest BCUT2D eigenvalue weighted by molar-refractivity contribution is 7.11. The van der Waals surface area contributed by atoms with Gasteiger partial charge in [0.15, 0.2) is 11.3 Å². The van der Waals surface area contributed by atoms with Crippen LogP contribution in [0.2, 0.25) is 0 Å². The quantitative estimate of drug-likeness (QED) is 0.617. The number of aromatic nitrogens is 4. The Kier molecular flexibility index (Phi) is 5.15. The number of fused-ring (bicyclic) bond motifs is 1. The minimum atomic E-state index is -0.435. The van der Waals surface area contributed by atoms with Crippen molar-refractivity contribution < 1.29 is 9.53 Å². The fourth-order valence-electron chi connectivity index (χ4n) is 4.16. The molecule has 1 aliphatic carbocycles. The number of rotatable bonds is 3. The molecule has 0 saturated carbocycles. The number of carbonyl (C=O) groups is 1. The molecule has 4 heterocycles. The highest BCUT2D eigenvalue weighted by Crippen LogP contribution is 2.20. The molecular formula is C23H23N5O3S. The Morgan fingerprint density at radius 2 is 2.06 bits per heavy atom. The SMILES string of the molecule is Cc1cc(C=c2c(=O)nc3sc(=C4C=CC(=O)C=C4)[nH]n-3c2=N)c(C)n1CC1CCCO1. The molecule has 1 atom stereocenters. The lowest BCUT2D eigenvalue weighted by atomic mass is 10.1. The number of carbonyl (C=O) groups excluding carboxylic acids is 1. The fraction of sp³-hybridized carbons (Fsp3) is 0.304. The van der Waals surface area contributed by atoms with E-state index in [0.717, 1.165) is 53.2 Å². The lowest BCUT2D eigenvalue weighted by Gasteiger charge is -2.14. The zero-order valence-corrected chi connectivity index (χ0v) is 18.7. The molecule has 1 aromatic heterocycles. The molecular weight excluding hydrogens is 426 g/mol. The largest absolute Gasteiger partial charge is 0.376 e. The number of hydrogen-bond donors (Lipinski definition) is 2. The van der Waals surface area contributed by atoms with Gasteiger partial charge in [-0.25, -0.2) is 4.68 Å². The van der Waals surface area contributed by atoms with E-state index in [1.165, 1.54) is 28.2 Å². The van der Waals surface area contributed by atoms with E-state index >= 15 is 0 Å². The first-order valence-electron chi connectivity index (χ1n) is 10.5. The summed E-state index contributed by atoms with van der Waals surface area (Å²) in [5, 5.41) is 12.4. The van der Waals surface area contributed by atoms with Crippen LogP contribution < -0.4 is 20.9 Å². The smallest absolute Gasteiger partial charge is 0.283 e. The van der Waals surface area contributed by atoms with Crippen molar-refractivity contribution >= 4 is 28.8 Å². The Labute approximate surface area is 187 Å². The summed E-state index contributed by atoms with van der Waals surface area (Å²) in [6.45, 7) is 5.67. The number of nitrogens with one attached hydrogen (secondary N) is 2. The van der Waals surface area contributed by atoms with Crippen LogP contribution in [-0.2, 0) is 16.1 Å². The zero-order valence-electron chi connectivity index (χ0n) is 17.8. The van der Waals surface area contributed by atoms with Crippen molar-refractivity contribution in [1.82, 2.24) is 19.3 Å². The number of ether oxygens (including phenoxy) is 1. The summed E-state index contributed by atoms with van der Waals surface area (Å²) in [5.41, 5.74) is 3.44. The highest BCUT2D eigenvalue weighted by atomic mass is 32.1. The molecule has 8 nitrogen and oxygen atoms in total. The second-order valence-corrected chi connectivity index (χ2v) is 9.06. The van der Waals surface area contributed by atoms with Crippen molar-refractivity contribution in [3.8, 4) is 5.13 Å². The van der Waals surface area contributed by atoms with Gasteiger partial charge in [0.2, 0.25) is 5.13 Å². The zero-order chi connectivity index (χ0) is 22.4. The van der Waals surface area contributed by atoms with E-state index in [1.54, 1.807) is 18.2 Å². The van der Waals surface area contributed by atoms with E-state index in [9.17, 15) is 9.59 Å². The topological polar surface area (TPSA) is 106 Å². The van der Waals surface area contributed by atoms with Gasteiger partial charge in [-0.2, -0.15) is 4.98 Å². The summed E-state index contributed by atoms with van der Waals surface area (Å²) in [4.78, 5) is 28.4. The van der Waals surface area contributed by atoms with Gasteiger partial charge in [0.1, 0.15) is 4.66 Å². The molecule has 1 fully saturated rings. The first-order chi connectivity index (χ1) is 15.4. The van der Waals surface area contributed by atoms with Gasteiger partial charge in [0.25, 0.3) is 5.56 Å². The van der Waals surface area contributed by atoms with Crippen molar-refractivity contribution in [2.45, 2.75) is 39.3 Å². The number of nitrogens with zero attached hydrogens (tertiary/aromatic N) is 3. The molecule has 1 aromatic rings. The molecule has 9 heteroatoms. The Hall–Kier alpha value is -3.30. The normalized spacial score (nSPS) is 19.1. The number of H-pyrrole nitrogens is 1. The van der Waals surface area contributed by atoms with Crippen molar-refractivity contribution in [2.75, 3.05) is 6.61 Å². The summed E-state index contributed by atoms with van der Waals surface area (Å²) in [7, 11) is 0. The van der Waals surface area contributed by atoms with E-state index in [-0.39, 0.29) is 22.6 Å². The molecule has 0 radical (unpaired) electrons. The lowest BCUT2D eigenvalue weighted by Crippen LogP contribution is -2.47. The van der Waals surface area contributed by atoms with Crippen LogP contribution in [0.5, 0.6) is 0 Å². The van der Waals surface area contributed by atoms with Crippen LogP contribution in [-0.4, -0.2) is 37.8 Å². The molecule has 0 amide bonds. The molecule has 0 bridgehead atoms. The Balaban J connectivity index is 1.62. The van der Waals surface area contributed by atoms with Gasteiger partial charge in [-0.3, -0.25) is 20.1 Å². The van der Waals surface area contributed by atoms with E-state index in [4.69, 9.17) is 10.1 Å². The van der Waals surface area contributed by atoms with E-state index in [2.05, 4.69) is 14.6 Å². The van der Waals surface area contributed by atoms with E-state index < -0.39 is 5.56 Å². The van der Waals surface area contributed by atoms with Gasteiger partial charge in [-0.1, -0.05) is 11.3 Å². The van der Waals surface area contributed by atoms with E-state index in [0.29, 0.717) is 5.13 Å². The van der Waals surface area contributed by atoms with Crippen LogP contribution in [0.4, 0.5) is 0 Å². The number of hydrogen-bond acceptors (Lipinski definition) is 6. The number of ketones is 1. The van der Waals surface area contributed by atoms with Crippen LogP contribution in [0, 0.1) is 19.3 Å². The highest BCUT2D eigenvalue weighted by Gasteiger charge is 2.19. The van der Waals surface area contributed by atoms with Gasteiger partial charge in [0.05, 0.1) is 11.3 Å². The van der Waals surface area contributed by atoms with Crippen molar-refractivity contribution in [1.29, 1.82) is 5.41 Å². The minimum Gasteiger partial charge on any atom is -0.376 e. The van der Waals surface area contributed by atoms with Crippen molar-refractivity contribution in [3.63, 3.8) is 0 Å². The summed E-state index contributed by atoms with van der Waals surface area (Å²) in [6, 6.07) is 2.03. The van der Waals surface area contributed by atoms with Crippen LogP contribution in [0.1, 0.15) is 29.8 Å². The van der Waals surface area contributed by atoms with Crippen LogP contribution in [0.3, 0.4) is 0 Å². The summed E-state index contributed by atoms with van der Waals surface area (Å²) < 4.78 is 10.2. The first kappa shape index (κ1) is 20.6. The third-order valence-electron chi connectivity index (χ3n) is 5.94. The van der Waals surface area contributed by atoms with Crippen LogP contribution in [0.25, 0.3) is 16.8 Å². The van der Waals surface area contributed by atoms with Crippen LogP contribution >= 0.6 is 11.3 Å². The third kappa shape index (κ3) is 3.63. The molecule has 0 aromatic carbocycles. The Bertz CT molecular complexity index is 1470. The molecule has 0 spiro atoms. The van der Waals surface area contributed by atoms with E-state index in [1.807, 2.05) is 19.9 Å². The number of allylic oxidation sites excluding steroid dienone is 4. The maximum Gasteiger partial charge on any atom is 0.283 e. The van der Waals surface area contributed by atoms with Crippen molar-refractivity contribution in [2.24, 2.45) is 0 Å². The fourth-order valence-corrected chi connectivity index (χ4v) is 5.09. The standard InChI is InChI=1S/C23H23N5O3S/c1-13-10-16(14(2)27(13)12-18-4-3-9-31-18)11-19-20(24)28-23(25-21(19)30)32-22(26-28)15-5-7-17(29)8-6-15/h5-8,10-11,18,24,26H,3-4,9,12H2,1-2H3. The molecule has 1 unspecified atom stereocenters. The van der Waals surface area contributed by atoms with Gasteiger partial charge in [-0.15, -0.1) is 0 Å². The monoisotopic (exact) mass is 449 g/mol. The predicted octanol–water partition coefficient (Wildman–Crippen LogP) is 0.811. The molecule has 2 N–H and O–H groups in total. The van der Waals surface area contributed by atoms with Crippen LogP contribution in [0.15, 0.2) is 35.2 Å². The predicted molar refractivity (Wildman–Crippen MR) is 121 cm³/mol. The molecule has 1 saturated heterocycles. The van der Waals surface area contributed by atoms with Gasteiger partial charge < -0.3 is 9.30 Å². The number of aromatic amines is 1. The molecule has 4 aliphatic rings. The maximum absolute atomic E-state index is 12.8. The Morgan fingerprint density at radius 1 is 1.28 bits per heavy atom. The van der Waals surface area contributed by atoms with Gasteiger partial charge in [0, 0.05) is 30.1 Å². The second kappa shape index (κ2) is 7.99. The molecule has 32 heavy (non-hydrogen) atoms.